The van der Waals surface area contributed by atoms with Gasteiger partial charge < -0.3 is 71.1 Å². The molecule has 8 N–H and O–H groups in total. The number of carbonyl (C=O) groups excluding carboxylic acids is 10. The smallest absolute Gasteiger partial charge is 0.419 e. The third-order valence-electron chi connectivity index (χ3n) is 18.4. The Hall–Kier alpha value is -8.78. The summed E-state index contributed by atoms with van der Waals surface area (Å²) < 4.78 is 30.5. The number of amides is 10. The molecule has 10 amide bonds. The van der Waals surface area contributed by atoms with Crippen LogP contribution in [0.5, 0.6) is 0 Å². The number of fused-ring (bicyclic) bond motifs is 1. The molecule has 4 aromatic rings. The number of hydrogen-bond donors (Lipinski definition) is 7. The number of likely N-dealkylation sites (tertiary alicyclic amines) is 1. The van der Waals surface area contributed by atoms with Crippen molar-refractivity contribution in [2.75, 3.05) is 46.7 Å². The van der Waals surface area contributed by atoms with Crippen LogP contribution in [0.2, 0.25) is 0 Å². The number of anilines is 1. The highest BCUT2D eigenvalue weighted by atomic mass is 16.6. The van der Waals surface area contributed by atoms with Gasteiger partial charge in [-0.1, -0.05) is 116 Å². The van der Waals surface area contributed by atoms with E-state index in [9.17, 15) is 47.9 Å². The van der Waals surface area contributed by atoms with Crippen LogP contribution in [0.4, 0.5) is 24.9 Å². The molecule has 1 saturated heterocycles. The van der Waals surface area contributed by atoms with Crippen molar-refractivity contribution in [2.45, 2.75) is 227 Å². The molecule has 5 rings (SSSR count). The molecule has 558 valence electrons. The normalized spacial score (nSPS) is 17.0. The summed E-state index contributed by atoms with van der Waals surface area (Å²) in [6.45, 7) is 27.4. The Morgan fingerprint density at radius 1 is 0.683 bits per heavy atom. The Bertz CT molecular complexity index is 3460. The van der Waals surface area contributed by atoms with Gasteiger partial charge in [0.15, 0.2) is 0 Å². The second-order valence-corrected chi connectivity index (χ2v) is 29.5. The first-order chi connectivity index (χ1) is 47.3. The molecule has 26 heteroatoms. The minimum Gasteiger partial charge on any atom is -0.445 e. The van der Waals surface area contributed by atoms with E-state index in [-0.39, 0.29) is 62.6 Å². The summed E-state index contributed by atoms with van der Waals surface area (Å²) in [7, 11) is 6.17. The van der Waals surface area contributed by atoms with Crippen molar-refractivity contribution in [3.63, 3.8) is 0 Å². The monoisotopic (exact) mass is 1410 g/mol. The van der Waals surface area contributed by atoms with E-state index in [4.69, 9.17) is 29.4 Å². The van der Waals surface area contributed by atoms with Crippen molar-refractivity contribution in [1.29, 1.82) is 0 Å². The van der Waals surface area contributed by atoms with E-state index < -0.39 is 125 Å². The van der Waals surface area contributed by atoms with Gasteiger partial charge in [-0.05, 0) is 140 Å². The van der Waals surface area contributed by atoms with E-state index in [1.54, 1.807) is 128 Å². The zero-order chi connectivity index (χ0) is 75.4. The number of para-hydroxylation sites is 1. The van der Waals surface area contributed by atoms with Crippen LogP contribution in [0.25, 0.3) is 10.9 Å². The number of rotatable bonds is 33. The lowest BCUT2D eigenvalue weighted by molar-refractivity contribution is -0.152. The molecule has 0 spiro atoms. The molecule has 2 heterocycles. The number of primary amides is 1. The fraction of sp³-hybridized carbons (Fsp3) is 0.600. The summed E-state index contributed by atoms with van der Waals surface area (Å²) in [6.07, 6.45) is 0.280. The van der Waals surface area contributed by atoms with Crippen molar-refractivity contribution < 1.29 is 71.6 Å². The summed E-state index contributed by atoms with van der Waals surface area (Å²) in [5.41, 5.74) is 5.62. The maximum Gasteiger partial charge on any atom is 0.419 e. The van der Waals surface area contributed by atoms with Gasteiger partial charge >= 0.3 is 24.3 Å². The third kappa shape index (κ3) is 23.7. The molecule has 1 aliphatic rings. The first-order valence-electron chi connectivity index (χ1n) is 35.1. The molecule has 0 radical (unpaired) electrons. The number of methoxy groups -OCH3 is 2. The van der Waals surface area contributed by atoms with E-state index in [2.05, 4.69) is 31.9 Å². The van der Waals surface area contributed by atoms with Crippen LogP contribution < -0.4 is 37.6 Å². The number of ether oxygens (including phenoxy) is 5. The number of carbonyl (C=O) groups is 10. The van der Waals surface area contributed by atoms with E-state index in [0.717, 1.165) is 5.56 Å². The van der Waals surface area contributed by atoms with Gasteiger partial charge in [0.25, 0.3) is 0 Å². The average molecular weight is 1410 g/mol. The molecule has 11 atom stereocenters. The Balaban J connectivity index is 1.26. The van der Waals surface area contributed by atoms with Crippen molar-refractivity contribution in [3.05, 3.63) is 102 Å². The van der Waals surface area contributed by atoms with Gasteiger partial charge in [-0.2, -0.15) is 0 Å². The van der Waals surface area contributed by atoms with Crippen LogP contribution in [-0.2, 0) is 71.9 Å². The standard InChI is InChI=1S/C75H113N11O15/c1-20-47(6)62(58(97-18)42-59(87)86-39-27-37-75(86,15)63(98-19)49(8)64(88)78-48(7)40-50-28-22-21-23-29-50)83(16)68(92)60(45(2)3)82-67(91)61(46(4)5)84(17)71(95)99-44-51-33-35-53(36-34-51)79-65(89)55(31-26-38-77-69(76)93)80-66(90)56(81-70(94)100-73(9,10)11)41-52-43-85(72(96)101-74(12,13)14)57-32-25-24-30-54(52)57/h21-25,28-30,32-36,43,45-49,55-56,58,60-63H,20,26-27,31,37-42,44H2,1-19H3,(H,78,88)(H,79,89)(H,80,90)(H,81,94)(H,82,91)(H3,76,77,93)/t47-,48+,49+,55-,56+,58+,60-,61-,62-,63+,75+/m0/s1. The van der Waals surface area contributed by atoms with Gasteiger partial charge in [0, 0.05) is 71.1 Å². The zero-order valence-electron chi connectivity index (χ0n) is 62.8. The summed E-state index contributed by atoms with van der Waals surface area (Å²) in [6, 6.07) is 17.0. The minimum atomic E-state index is -1.34. The van der Waals surface area contributed by atoms with E-state index >= 15 is 0 Å². The first-order valence-corrected chi connectivity index (χ1v) is 35.1. The summed E-state index contributed by atoms with van der Waals surface area (Å²) in [4.78, 5) is 143. The van der Waals surface area contributed by atoms with Gasteiger partial charge in [0.05, 0.1) is 41.6 Å². The number of nitrogens with zero attached hydrogens (tertiary/aromatic N) is 4. The van der Waals surface area contributed by atoms with Gasteiger partial charge in [0.1, 0.15) is 42.0 Å². The highest BCUT2D eigenvalue weighted by molar-refractivity contribution is 5.99. The van der Waals surface area contributed by atoms with Gasteiger partial charge in [0.2, 0.25) is 35.4 Å². The highest BCUT2D eigenvalue weighted by Gasteiger charge is 2.51. The minimum absolute atomic E-state index is 0.00539. The molecule has 0 aliphatic carbocycles. The predicted octanol–water partition coefficient (Wildman–Crippen LogP) is 9.22. The molecule has 26 nitrogen and oxygen atoms in total. The predicted molar refractivity (Wildman–Crippen MR) is 386 cm³/mol. The Labute approximate surface area is 596 Å². The van der Waals surface area contributed by atoms with Crippen molar-refractivity contribution >= 4 is 76.3 Å². The summed E-state index contributed by atoms with van der Waals surface area (Å²) >= 11 is 0. The number of aromatic nitrogens is 1. The van der Waals surface area contributed by atoms with Crippen LogP contribution in [0.15, 0.2) is 85.1 Å². The van der Waals surface area contributed by atoms with Crippen LogP contribution >= 0.6 is 0 Å². The van der Waals surface area contributed by atoms with Gasteiger partial charge in [-0.3, -0.25) is 38.2 Å². The van der Waals surface area contributed by atoms with E-state index in [0.29, 0.717) is 59.9 Å². The lowest BCUT2D eigenvalue weighted by atomic mass is 9.82. The average Bonchev–Trinajstić information content (AvgIpc) is 1.65. The second-order valence-electron chi connectivity index (χ2n) is 29.5. The third-order valence-corrected chi connectivity index (χ3v) is 18.4. The van der Waals surface area contributed by atoms with E-state index in [1.165, 1.54) is 29.8 Å². The molecular formula is C75H113N11O15. The number of nitrogens with two attached hydrogens (primary N) is 1. The quantitative estimate of drug-likeness (QED) is 0.0173. The number of urea groups is 1. The van der Waals surface area contributed by atoms with Crippen molar-refractivity contribution in [2.24, 2.45) is 29.4 Å². The molecule has 1 aromatic heterocycles. The molecule has 0 bridgehead atoms. The highest BCUT2D eigenvalue weighted by Crippen LogP contribution is 2.38. The Kier molecular flexibility index (Phi) is 30.6. The maximum atomic E-state index is 14.9. The lowest BCUT2D eigenvalue weighted by Crippen LogP contribution is -2.61. The van der Waals surface area contributed by atoms with Crippen molar-refractivity contribution in [3.8, 4) is 0 Å². The van der Waals surface area contributed by atoms with E-state index in [1.807, 2.05) is 78.8 Å². The largest absolute Gasteiger partial charge is 0.445 e. The lowest BCUT2D eigenvalue weighted by Gasteiger charge is -2.44. The molecule has 0 unspecified atom stereocenters. The summed E-state index contributed by atoms with van der Waals surface area (Å²) in [5.74, 6) is -4.46. The molecule has 3 aromatic carbocycles. The van der Waals surface area contributed by atoms with Gasteiger partial charge in [-0.25, -0.2) is 19.2 Å². The van der Waals surface area contributed by atoms with Gasteiger partial charge in [-0.15, -0.1) is 0 Å². The topological polar surface area (TPSA) is 330 Å². The number of alkyl carbamates (subject to hydrolysis) is 1. The molecule has 0 saturated carbocycles. The van der Waals surface area contributed by atoms with Crippen molar-refractivity contribution in [1.82, 2.24) is 45.9 Å². The van der Waals surface area contributed by atoms with Crippen LogP contribution in [-0.4, -0.2) is 186 Å². The fourth-order valence-electron chi connectivity index (χ4n) is 13.2. The Morgan fingerprint density at radius 3 is 1.90 bits per heavy atom. The number of likely N-dealkylation sites (N-methyl/N-ethyl adjacent to an activating group) is 2. The number of benzene rings is 3. The Morgan fingerprint density at radius 2 is 1.32 bits per heavy atom. The zero-order valence-corrected chi connectivity index (χ0v) is 62.8. The molecular weight excluding hydrogens is 1290 g/mol. The SMILES string of the molecule is CC[C@H](C)[C@@H]([C@@H](CC(=O)N1CCC[C@]1(C)[C@H](OC)[C@@H](C)C(=O)N[C@H](C)Cc1ccccc1)OC)N(C)C(=O)[C@@H](NC(=O)[C@H](C(C)C)N(C)C(=O)OCc1ccc(NC(=O)[C@H](CCCNC(N)=O)NC(=O)[C@@H](Cc2cn(C(=O)OC(C)(C)C)c3ccccc23)NC(=O)OC(C)(C)C)cc1)C(C)C. The fourth-order valence-corrected chi connectivity index (χ4v) is 13.2. The molecule has 101 heavy (non-hydrogen) atoms. The summed E-state index contributed by atoms with van der Waals surface area (Å²) in [5, 5.41) is 17.4. The molecule has 1 aliphatic heterocycles. The second kappa shape index (κ2) is 37.2. The van der Waals surface area contributed by atoms with Crippen LogP contribution in [0.1, 0.15) is 159 Å². The first kappa shape index (κ1) is 82.9. The molecule has 1 fully saturated rings. The van der Waals surface area contributed by atoms with Crippen LogP contribution in [0.3, 0.4) is 0 Å². The number of hydrogen-bond acceptors (Lipinski definition) is 15. The maximum absolute atomic E-state index is 14.9. The number of nitrogens with one attached hydrogen (secondary N) is 6. The van der Waals surface area contributed by atoms with Crippen LogP contribution in [0, 0.1) is 23.7 Å².